The van der Waals surface area contributed by atoms with E-state index >= 15 is 0 Å². The fourth-order valence-electron chi connectivity index (χ4n) is 3.42. The fraction of sp³-hybridized carbons (Fsp3) is 0.474. The van der Waals surface area contributed by atoms with Crippen LogP contribution in [0.2, 0.25) is 0 Å². The van der Waals surface area contributed by atoms with Gasteiger partial charge < -0.3 is 14.5 Å². The number of fused-ring (bicyclic) bond motifs is 1. The number of rotatable bonds is 6. The number of aliphatic carboxylic acids is 1. The maximum absolute atomic E-state index is 12.6. The van der Waals surface area contributed by atoms with Gasteiger partial charge in [-0.05, 0) is 30.4 Å². The highest BCUT2D eigenvalue weighted by Crippen LogP contribution is 2.38. The molecule has 26 heavy (non-hydrogen) atoms. The number of aryl methyl sites for hydroxylation is 1. The Hall–Kier alpha value is -2.70. The lowest BCUT2D eigenvalue weighted by atomic mass is 9.93. The van der Waals surface area contributed by atoms with Crippen LogP contribution in [0.25, 0.3) is 0 Å². The molecule has 2 aromatic rings. The van der Waals surface area contributed by atoms with Crippen molar-refractivity contribution in [3.05, 3.63) is 47.1 Å². The van der Waals surface area contributed by atoms with Gasteiger partial charge in [0.05, 0.1) is 0 Å². The summed E-state index contributed by atoms with van der Waals surface area (Å²) in [6, 6.07) is 6.89. The second-order valence-corrected chi connectivity index (χ2v) is 7.02. The van der Waals surface area contributed by atoms with E-state index in [-0.39, 0.29) is 12.3 Å². The molecule has 136 valence electrons. The van der Waals surface area contributed by atoms with Crippen molar-refractivity contribution in [3.8, 4) is 0 Å². The van der Waals surface area contributed by atoms with E-state index < -0.39 is 12.0 Å². The number of benzene rings is 1. The Morgan fingerprint density at radius 3 is 2.73 bits per heavy atom. The average Bonchev–Trinajstić information content (AvgIpc) is 3.39. The zero-order valence-corrected chi connectivity index (χ0v) is 14.4. The molecule has 0 radical (unpaired) electrons. The smallest absolute Gasteiger partial charge is 0.326 e. The van der Waals surface area contributed by atoms with Gasteiger partial charge in [0, 0.05) is 31.7 Å². The van der Waals surface area contributed by atoms with Gasteiger partial charge in [-0.2, -0.15) is 4.98 Å². The molecule has 1 aromatic heterocycles. The minimum atomic E-state index is -0.959. The predicted octanol–water partition coefficient (Wildman–Crippen LogP) is 2.31. The van der Waals surface area contributed by atoms with Crippen molar-refractivity contribution in [2.45, 2.75) is 57.0 Å². The quantitative estimate of drug-likeness (QED) is 0.854. The van der Waals surface area contributed by atoms with Crippen LogP contribution in [0.1, 0.15) is 54.4 Å². The van der Waals surface area contributed by atoms with Crippen molar-refractivity contribution in [1.82, 2.24) is 15.0 Å². The number of aromatic nitrogens is 2. The molecular weight excluding hydrogens is 334 g/mol. The van der Waals surface area contributed by atoms with Crippen LogP contribution in [0.5, 0.6) is 0 Å². The van der Waals surface area contributed by atoms with E-state index in [0.29, 0.717) is 37.6 Å². The van der Waals surface area contributed by atoms with Gasteiger partial charge in [0.1, 0.15) is 6.04 Å². The van der Waals surface area contributed by atoms with Crippen LogP contribution in [0, 0.1) is 0 Å². The number of nitrogens with zero attached hydrogens (tertiary/aromatic N) is 3. The average molecular weight is 355 g/mol. The molecule has 1 fully saturated rings. The van der Waals surface area contributed by atoms with E-state index in [1.165, 1.54) is 4.90 Å². The minimum absolute atomic E-state index is 0.145. The summed E-state index contributed by atoms with van der Waals surface area (Å²) in [6.07, 6.45) is 3.96. The van der Waals surface area contributed by atoms with Gasteiger partial charge in [-0.1, -0.05) is 29.4 Å². The molecule has 7 nitrogen and oxygen atoms in total. The number of carboxylic acids is 1. The molecule has 7 heteroatoms. The standard InChI is InChI=1S/C19H21N3O4/c23-17(7-3-6-16-20-18(21-26-16)12-8-9-12)22-11-14-5-2-1-4-13(14)10-15(22)19(24)25/h1-2,4-5,12,15H,3,6-11H2,(H,24,25). The molecule has 1 N–H and O–H groups in total. The van der Waals surface area contributed by atoms with Crippen molar-refractivity contribution < 1.29 is 19.2 Å². The van der Waals surface area contributed by atoms with E-state index in [0.717, 1.165) is 29.8 Å². The summed E-state index contributed by atoms with van der Waals surface area (Å²) >= 11 is 0. The normalized spacial score (nSPS) is 19.2. The molecular formula is C19H21N3O4. The number of amides is 1. The molecule has 2 aliphatic rings. The highest BCUT2D eigenvalue weighted by atomic mass is 16.5. The Morgan fingerprint density at radius 2 is 2.00 bits per heavy atom. The van der Waals surface area contributed by atoms with Crippen LogP contribution in [0.15, 0.2) is 28.8 Å². The molecule has 1 aliphatic carbocycles. The van der Waals surface area contributed by atoms with Crippen LogP contribution in [-0.4, -0.2) is 38.1 Å². The van der Waals surface area contributed by atoms with Crippen LogP contribution >= 0.6 is 0 Å². The topological polar surface area (TPSA) is 96.5 Å². The Labute approximate surface area is 151 Å². The lowest BCUT2D eigenvalue weighted by molar-refractivity contribution is -0.151. The van der Waals surface area contributed by atoms with Crippen LogP contribution in [0.4, 0.5) is 0 Å². The summed E-state index contributed by atoms with van der Waals surface area (Å²) in [5, 5.41) is 13.5. The molecule has 1 atom stereocenters. The molecule has 1 aliphatic heterocycles. The van der Waals surface area contributed by atoms with Crippen LogP contribution in [0.3, 0.4) is 0 Å². The zero-order chi connectivity index (χ0) is 18.1. The number of hydrogen-bond donors (Lipinski definition) is 1. The van der Waals surface area contributed by atoms with Crippen LogP contribution < -0.4 is 0 Å². The maximum Gasteiger partial charge on any atom is 0.326 e. The monoisotopic (exact) mass is 355 g/mol. The molecule has 2 heterocycles. The van der Waals surface area contributed by atoms with E-state index in [1.807, 2.05) is 24.3 Å². The third-order valence-corrected chi connectivity index (χ3v) is 5.06. The SMILES string of the molecule is O=C(O)C1Cc2ccccc2CN1C(=O)CCCc1nc(C2CC2)no1. The van der Waals surface area contributed by atoms with Gasteiger partial charge in [-0.25, -0.2) is 4.79 Å². The maximum atomic E-state index is 12.6. The molecule has 0 saturated heterocycles. The molecule has 0 spiro atoms. The third-order valence-electron chi connectivity index (χ3n) is 5.06. The van der Waals surface area contributed by atoms with E-state index in [4.69, 9.17) is 4.52 Å². The lowest BCUT2D eigenvalue weighted by Crippen LogP contribution is -2.48. The molecule has 1 aromatic carbocycles. The number of carboxylic acid groups (broad SMARTS) is 1. The van der Waals surface area contributed by atoms with Crippen molar-refractivity contribution in [2.75, 3.05) is 0 Å². The van der Waals surface area contributed by atoms with Gasteiger partial charge in [0.15, 0.2) is 5.82 Å². The first kappa shape index (κ1) is 16.8. The first-order valence-corrected chi connectivity index (χ1v) is 9.03. The molecule has 1 saturated carbocycles. The summed E-state index contributed by atoms with van der Waals surface area (Å²) < 4.78 is 5.22. The second-order valence-electron chi connectivity index (χ2n) is 7.02. The molecule has 0 bridgehead atoms. The lowest BCUT2D eigenvalue weighted by Gasteiger charge is -2.34. The molecule has 1 amide bonds. The van der Waals surface area contributed by atoms with Gasteiger partial charge in [-0.3, -0.25) is 4.79 Å². The van der Waals surface area contributed by atoms with Gasteiger partial charge in [0.2, 0.25) is 11.8 Å². The number of carbonyl (C=O) groups excluding carboxylic acids is 1. The summed E-state index contributed by atoms with van der Waals surface area (Å²) in [4.78, 5) is 30.1. The van der Waals surface area contributed by atoms with Crippen LogP contribution in [-0.2, 0) is 29.0 Å². The first-order chi connectivity index (χ1) is 12.6. The minimum Gasteiger partial charge on any atom is -0.480 e. The first-order valence-electron chi connectivity index (χ1n) is 9.03. The van der Waals surface area contributed by atoms with Gasteiger partial charge >= 0.3 is 5.97 Å². The summed E-state index contributed by atoms with van der Waals surface area (Å²) in [5.74, 6) is 0.662. The Bertz CT molecular complexity index is 828. The summed E-state index contributed by atoms with van der Waals surface area (Å²) in [7, 11) is 0. The van der Waals surface area contributed by atoms with E-state index in [1.54, 1.807) is 0 Å². The molecule has 1 unspecified atom stereocenters. The predicted molar refractivity (Wildman–Crippen MR) is 91.3 cm³/mol. The van der Waals surface area contributed by atoms with Crippen molar-refractivity contribution >= 4 is 11.9 Å². The zero-order valence-electron chi connectivity index (χ0n) is 14.4. The second kappa shape index (κ2) is 6.90. The van der Waals surface area contributed by atoms with Crippen molar-refractivity contribution in [1.29, 1.82) is 0 Å². The number of carbonyl (C=O) groups is 2. The molecule has 4 rings (SSSR count). The van der Waals surface area contributed by atoms with E-state index in [2.05, 4.69) is 10.1 Å². The third kappa shape index (κ3) is 3.47. The Balaban J connectivity index is 1.37. The Kier molecular flexibility index (Phi) is 4.44. The highest BCUT2D eigenvalue weighted by Gasteiger charge is 2.34. The largest absolute Gasteiger partial charge is 0.480 e. The van der Waals surface area contributed by atoms with Crippen molar-refractivity contribution in [2.24, 2.45) is 0 Å². The van der Waals surface area contributed by atoms with Crippen molar-refractivity contribution in [3.63, 3.8) is 0 Å². The Morgan fingerprint density at radius 1 is 1.23 bits per heavy atom. The summed E-state index contributed by atoms with van der Waals surface area (Å²) in [5.41, 5.74) is 2.02. The fourth-order valence-corrected chi connectivity index (χ4v) is 3.42. The number of hydrogen-bond acceptors (Lipinski definition) is 5. The highest BCUT2D eigenvalue weighted by molar-refractivity contribution is 5.84. The summed E-state index contributed by atoms with van der Waals surface area (Å²) in [6.45, 7) is 0.346. The van der Waals surface area contributed by atoms with Gasteiger partial charge in [0.25, 0.3) is 0 Å². The van der Waals surface area contributed by atoms with Gasteiger partial charge in [-0.15, -0.1) is 0 Å². The van der Waals surface area contributed by atoms with E-state index in [9.17, 15) is 14.7 Å².